The molecule has 0 radical (unpaired) electrons. The van der Waals surface area contributed by atoms with Gasteiger partial charge in [0.25, 0.3) is 0 Å². The number of rotatable bonds is 5. The fourth-order valence-corrected chi connectivity index (χ4v) is 4.69. The summed E-state index contributed by atoms with van der Waals surface area (Å²) in [6.07, 6.45) is 4.85. The molecule has 1 aromatic heterocycles. The molecule has 2 aliphatic rings. The quantitative estimate of drug-likeness (QED) is 0.557. The first-order valence-electron chi connectivity index (χ1n) is 11.3. The molecule has 1 aliphatic carbocycles. The molecule has 2 aromatic carbocycles. The van der Waals surface area contributed by atoms with E-state index in [9.17, 15) is 9.90 Å². The zero-order valence-corrected chi connectivity index (χ0v) is 18.9. The van der Waals surface area contributed by atoms with Crippen molar-refractivity contribution in [3.63, 3.8) is 0 Å². The maximum Gasteiger partial charge on any atom is 0.330 e. The lowest BCUT2D eigenvalue weighted by molar-refractivity contribution is 0.126. The highest BCUT2D eigenvalue weighted by molar-refractivity contribution is 6.34. The second-order valence-electron chi connectivity index (χ2n) is 8.58. The topological polar surface area (TPSA) is 81.6 Å². The van der Waals surface area contributed by atoms with Crippen LogP contribution in [-0.2, 0) is 13.1 Å². The number of hydrogen-bond donors (Lipinski definition) is 2. The predicted octanol–water partition coefficient (Wildman–Crippen LogP) is 4.99. The number of nitrogens with zero attached hydrogens (tertiary/aromatic N) is 4. The van der Waals surface area contributed by atoms with Gasteiger partial charge in [-0.25, -0.2) is 9.78 Å². The van der Waals surface area contributed by atoms with Crippen LogP contribution < -0.4 is 15.1 Å². The van der Waals surface area contributed by atoms with Crippen molar-refractivity contribution in [3.05, 3.63) is 76.9 Å². The minimum Gasteiger partial charge on any atom is -0.393 e. The zero-order chi connectivity index (χ0) is 22.8. The molecule has 0 unspecified atom stereocenters. The SMILES string of the molecule is O=C1N(c2ccccc2Cl)Cc2cnc(N[C@H]3CC[C@H](O)CC3)nc2N1Cc1ccccc1. The van der Waals surface area contributed by atoms with E-state index in [1.54, 1.807) is 22.1 Å². The van der Waals surface area contributed by atoms with Gasteiger partial charge in [-0.15, -0.1) is 0 Å². The third-order valence-corrected chi connectivity index (χ3v) is 6.56. The fraction of sp³-hybridized carbons (Fsp3) is 0.320. The van der Waals surface area contributed by atoms with Crippen molar-refractivity contribution in [1.29, 1.82) is 0 Å². The number of urea groups is 1. The van der Waals surface area contributed by atoms with Gasteiger partial charge in [-0.1, -0.05) is 54.1 Å². The van der Waals surface area contributed by atoms with E-state index in [-0.39, 0.29) is 18.2 Å². The summed E-state index contributed by atoms with van der Waals surface area (Å²) in [5.41, 5.74) is 2.53. The molecule has 5 rings (SSSR count). The van der Waals surface area contributed by atoms with E-state index >= 15 is 0 Å². The summed E-state index contributed by atoms with van der Waals surface area (Å²) in [5, 5.41) is 13.7. The molecule has 2 N–H and O–H groups in total. The van der Waals surface area contributed by atoms with Crippen molar-refractivity contribution < 1.29 is 9.90 Å². The summed E-state index contributed by atoms with van der Waals surface area (Å²) >= 11 is 6.43. The van der Waals surface area contributed by atoms with Crippen molar-refractivity contribution in [3.8, 4) is 0 Å². The average molecular weight is 464 g/mol. The Morgan fingerprint density at radius 2 is 1.76 bits per heavy atom. The Kier molecular flexibility index (Phi) is 6.15. The van der Waals surface area contributed by atoms with Crippen LogP contribution in [-0.4, -0.2) is 33.3 Å². The molecule has 1 aliphatic heterocycles. The maximum atomic E-state index is 13.7. The minimum absolute atomic E-state index is 0.176. The summed E-state index contributed by atoms with van der Waals surface area (Å²) in [7, 11) is 0. The summed E-state index contributed by atoms with van der Waals surface area (Å²) in [6.45, 7) is 0.735. The van der Waals surface area contributed by atoms with Crippen LogP contribution in [0.3, 0.4) is 0 Å². The van der Waals surface area contributed by atoms with Crippen molar-refractivity contribution in [2.24, 2.45) is 0 Å². The number of anilines is 3. The van der Waals surface area contributed by atoms with Crippen LogP contribution in [0.15, 0.2) is 60.8 Å². The fourth-order valence-electron chi connectivity index (χ4n) is 4.46. The van der Waals surface area contributed by atoms with Crippen molar-refractivity contribution in [1.82, 2.24) is 9.97 Å². The highest BCUT2D eigenvalue weighted by Gasteiger charge is 2.34. The van der Waals surface area contributed by atoms with Gasteiger partial charge < -0.3 is 10.4 Å². The van der Waals surface area contributed by atoms with Gasteiger partial charge in [0.2, 0.25) is 5.95 Å². The first-order valence-corrected chi connectivity index (χ1v) is 11.6. The normalized spacial score (nSPS) is 20.5. The molecule has 2 heterocycles. The van der Waals surface area contributed by atoms with Crippen LogP contribution in [0, 0.1) is 0 Å². The number of aliphatic hydroxyl groups is 1. The Hall–Kier alpha value is -3.16. The van der Waals surface area contributed by atoms with Crippen molar-refractivity contribution in [2.75, 3.05) is 15.1 Å². The molecule has 0 spiro atoms. The Bertz CT molecular complexity index is 1130. The Morgan fingerprint density at radius 3 is 2.52 bits per heavy atom. The van der Waals surface area contributed by atoms with Crippen molar-refractivity contribution >= 4 is 35.1 Å². The van der Waals surface area contributed by atoms with Crippen LogP contribution in [0.2, 0.25) is 5.02 Å². The number of carbonyl (C=O) groups excluding carboxylic acids is 1. The number of carbonyl (C=O) groups is 1. The second kappa shape index (κ2) is 9.37. The van der Waals surface area contributed by atoms with Crippen LogP contribution >= 0.6 is 11.6 Å². The third kappa shape index (κ3) is 4.65. The van der Waals surface area contributed by atoms with Gasteiger partial charge in [-0.2, -0.15) is 4.98 Å². The number of aromatic nitrogens is 2. The highest BCUT2D eigenvalue weighted by atomic mass is 35.5. The number of para-hydroxylation sites is 1. The molecule has 2 amide bonds. The lowest BCUT2D eigenvalue weighted by Gasteiger charge is -2.36. The summed E-state index contributed by atoms with van der Waals surface area (Å²) in [6, 6.07) is 17.3. The standard InChI is InChI=1S/C25H26ClN5O2/c26-21-8-4-5-9-22(21)30-16-18-14-27-24(28-19-10-12-20(32)13-11-19)29-23(18)31(25(30)33)15-17-6-2-1-3-7-17/h1-9,14,19-20,32H,10-13,15-16H2,(H,27,28,29)/t19-,20-. The number of fused-ring (bicyclic) bond motifs is 1. The molecule has 1 fully saturated rings. The first-order chi connectivity index (χ1) is 16.1. The van der Waals surface area contributed by atoms with E-state index in [0.29, 0.717) is 35.6 Å². The largest absolute Gasteiger partial charge is 0.393 e. The van der Waals surface area contributed by atoms with E-state index in [1.165, 1.54) is 0 Å². The highest BCUT2D eigenvalue weighted by Crippen LogP contribution is 2.35. The number of halogens is 1. The van der Waals surface area contributed by atoms with Gasteiger partial charge in [0, 0.05) is 17.8 Å². The van der Waals surface area contributed by atoms with E-state index in [4.69, 9.17) is 16.6 Å². The Morgan fingerprint density at radius 1 is 1.03 bits per heavy atom. The molecular formula is C25H26ClN5O2. The van der Waals surface area contributed by atoms with E-state index in [1.807, 2.05) is 48.5 Å². The van der Waals surface area contributed by atoms with E-state index < -0.39 is 0 Å². The molecule has 33 heavy (non-hydrogen) atoms. The maximum absolute atomic E-state index is 13.7. The molecule has 8 heteroatoms. The van der Waals surface area contributed by atoms with Crippen LogP contribution in [0.4, 0.5) is 22.2 Å². The number of nitrogens with one attached hydrogen (secondary N) is 1. The molecule has 0 atom stereocenters. The van der Waals surface area contributed by atoms with Crippen LogP contribution in [0.25, 0.3) is 0 Å². The third-order valence-electron chi connectivity index (χ3n) is 6.24. The van der Waals surface area contributed by atoms with Gasteiger partial charge in [0.05, 0.1) is 29.9 Å². The Labute approximate surface area is 198 Å². The van der Waals surface area contributed by atoms with Gasteiger partial charge in [-0.05, 0) is 43.4 Å². The predicted molar refractivity (Wildman–Crippen MR) is 130 cm³/mol. The lowest BCUT2D eigenvalue weighted by atomic mass is 9.93. The molecule has 0 bridgehead atoms. The number of benzene rings is 2. The summed E-state index contributed by atoms with van der Waals surface area (Å²) < 4.78 is 0. The van der Waals surface area contributed by atoms with Gasteiger partial charge in [0.1, 0.15) is 5.82 Å². The van der Waals surface area contributed by atoms with Crippen molar-refractivity contribution in [2.45, 2.75) is 50.9 Å². The van der Waals surface area contributed by atoms with E-state index in [2.05, 4.69) is 10.3 Å². The zero-order valence-electron chi connectivity index (χ0n) is 18.2. The van der Waals surface area contributed by atoms with Crippen LogP contribution in [0.1, 0.15) is 36.8 Å². The van der Waals surface area contributed by atoms with Crippen LogP contribution in [0.5, 0.6) is 0 Å². The molecule has 7 nitrogen and oxygen atoms in total. The number of aliphatic hydroxyl groups excluding tert-OH is 1. The summed E-state index contributed by atoms with van der Waals surface area (Å²) in [5.74, 6) is 1.12. The first kappa shape index (κ1) is 21.7. The molecular weight excluding hydrogens is 438 g/mol. The smallest absolute Gasteiger partial charge is 0.330 e. The molecule has 1 saturated carbocycles. The second-order valence-corrected chi connectivity index (χ2v) is 8.99. The summed E-state index contributed by atoms with van der Waals surface area (Å²) in [4.78, 5) is 26.3. The van der Waals surface area contributed by atoms with Gasteiger partial charge in [-0.3, -0.25) is 9.80 Å². The average Bonchev–Trinajstić information content (AvgIpc) is 2.83. The number of amides is 2. The van der Waals surface area contributed by atoms with Gasteiger partial charge >= 0.3 is 6.03 Å². The number of hydrogen-bond acceptors (Lipinski definition) is 5. The molecule has 170 valence electrons. The minimum atomic E-state index is -0.220. The lowest BCUT2D eigenvalue weighted by Crippen LogP contribution is -2.47. The molecule has 0 saturated heterocycles. The Balaban J connectivity index is 1.48. The van der Waals surface area contributed by atoms with Gasteiger partial charge in [0.15, 0.2) is 0 Å². The monoisotopic (exact) mass is 463 g/mol. The molecule has 3 aromatic rings. The van der Waals surface area contributed by atoms with E-state index in [0.717, 1.165) is 36.8 Å².